The van der Waals surface area contributed by atoms with Gasteiger partial charge in [0.2, 0.25) is 5.78 Å². The first kappa shape index (κ1) is 17.7. The highest BCUT2D eigenvalue weighted by molar-refractivity contribution is 6.14. The van der Waals surface area contributed by atoms with E-state index in [9.17, 15) is 9.59 Å². The second-order valence-corrected chi connectivity index (χ2v) is 6.34. The van der Waals surface area contributed by atoms with Gasteiger partial charge in [-0.15, -0.1) is 0 Å². The number of carbonyl (C=O) groups is 2. The van der Waals surface area contributed by atoms with Crippen molar-refractivity contribution in [2.24, 2.45) is 0 Å². The molecule has 0 spiro atoms. The summed E-state index contributed by atoms with van der Waals surface area (Å²) in [5, 5.41) is 0. The van der Waals surface area contributed by atoms with E-state index >= 15 is 0 Å². The van der Waals surface area contributed by atoms with Crippen molar-refractivity contribution in [1.29, 1.82) is 0 Å². The molecule has 0 bridgehead atoms. The molecule has 5 nitrogen and oxygen atoms in total. The van der Waals surface area contributed by atoms with Crippen LogP contribution in [0.25, 0.3) is 6.08 Å². The first-order chi connectivity index (χ1) is 12.4. The molecule has 2 aromatic rings. The largest absolute Gasteiger partial charge is 0.482 e. The molecule has 1 aliphatic heterocycles. The number of benzene rings is 2. The molecule has 1 aliphatic rings. The van der Waals surface area contributed by atoms with Crippen LogP contribution in [0.3, 0.4) is 0 Å². The summed E-state index contributed by atoms with van der Waals surface area (Å²) < 4.78 is 16.1. The zero-order valence-corrected chi connectivity index (χ0v) is 14.9. The van der Waals surface area contributed by atoms with E-state index in [4.69, 9.17) is 14.2 Å². The van der Waals surface area contributed by atoms with Crippen LogP contribution in [0.4, 0.5) is 0 Å². The van der Waals surface area contributed by atoms with Gasteiger partial charge in [-0.3, -0.25) is 4.79 Å². The average Bonchev–Trinajstić information content (AvgIpc) is 2.90. The van der Waals surface area contributed by atoms with E-state index in [2.05, 4.69) is 0 Å². The molecule has 0 saturated carbocycles. The highest BCUT2D eigenvalue weighted by atomic mass is 16.6. The number of ether oxygens (including phenoxy) is 3. The summed E-state index contributed by atoms with van der Waals surface area (Å²) in [6.45, 7) is 5.35. The Hall–Kier alpha value is -3.08. The molecule has 1 heterocycles. The fourth-order valence-electron chi connectivity index (χ4n) is 2.51. The van der Waals surface area contributed by atoms with Crippen molar-refractivity contribution in [3.63, 3.8) is 0 Å². The Morgan fingerprint density at radius 2 is 1.88 bits per heavy atom. The topological polar surface area (TPSA) is 61.8 Å². The first-order valence-electron chi connectivity index (χ1n) is 8.39. The normalized spacial score (nSPS) is 14.3. The number of aryl methyl sites for hydroxylation is 1. The molecule has 26 heavy (non-hydrogen) atoms. The Balaban J connectivity index is 1.72. The summed E-state index contributed by atoms with van der Waals surface area (Å²) in [5.74, 6) is 0.501. The number of esters is 1. The second kappa shape index (κ2) is 7.44. The minimum atomic E-state index is -0.447. The van der Waals surface area contributed by atoms with Crippen molar-refractivity contribution in [3.05, 3.63) is 64.9 Å². The quantitative estimate of drug-likeness (QED) is 0.602. The molecule has 0 unspecified atom stereocenters. The van der Waals surface area contributed by atoms with E-state index in [-0.39, 0.29) is 24.3 Å². The van der Waals surface area contributed by atoms with Gasteiger partial charge in [-0.1, -0.05) is 29.8 Å². The summed E-state index contributed by atoms with van der Waals surface area (Å²) in [6, 6.07) is 12.7. The number of fused-ring (bicyclic) bond motifs is 1. The van der Waals surface area contributed by atoms with Gasteiger partial charge in [0.05, 0.1) is 11.7 Å². The van der Waals surface area contributed by atoms with E-state index < -0.39 is 5.97 Å². The molecule has 0 fully saturated rings. The lowest BCUT2D eigenvalue weighted by Gasteiger charge is -2.09. The lowest BCUT2D eigenvalue weighted by molar-refractivity contribution is -0.149. The molecule has 0 amide bonds. The van der Waals surface area contributed by atoms with Crippen molar-refractivity contribution < 1.29 is 23.8 Å². The summed E-state index contributed by atoms with van der Waals surface area (Å²) in [4.78, 5) is 24.0. The van der Waals surface area contributed by atoms with Crippen LogP contribution in [0.5, 0.6) is 11.5 Å². The molecule has 0 radical (unpaired) electrons. The first-order valence-corrected chi connectivity index (χ1v) is 8.39. The summed E-state index contributed by atoms with van der Waals surface area (Å²) in [6.07, 6.45) is 1.52. The van der Waals surface area contributed by atoms with Crippen LogP contribution in [0.15, 0.2) is 48.2 Å². The maximum Gasteiger partial charge on any atom is 0.344 e. The molecule has 0 atom stereocenters. The zero-order valence-electron chi connectivity index (χ0n) is 14.9. The van der Waals surface area contributed by atoms with Crippen molar-refractivity contribution in [2.75, 3.05) is 6.61 Å². The highest BCUT2D eigenvalue weighted by Gasteiger charge is 2.27. The molecule has 5 heteroatoms. The predicted molar refractivity (Wildman–Crippen MR) is 97.3 cm³/mol. The van der Waals surface area contributed by atoms with E-state index in [1.54, 1.807) is 38.1 Å². The number of hydrogen-bond donors (Lipinski definition) is 0. The molecule has 0 saturated heterocycles. The number of hydrogen-bond acceptors (Lipinski definition) is 5. The smallest absolute Gasteiger partial charge is 0.344 e. The van der Waals surface area contributed by atoms with Gasteiger partial charge in [-0.2, -0.15) is 0 Å². The molecule has 2 aromatic carbocycles. The van der Waals surface area contributed by atoms with Crippen LogP contribution in [0.1, 0.15) is 35.3 Å². The van der Waals surface area contributed by atoms with E-state index in [1.807, 2.05) is 31.2 Å². The van der Waals surface area contributed by atoms with Gasteiger partial charge < -0.3 is 14.2 Å². The van der Waals surface area contributed by atoms with E-state index in [1.165, 1.54) is 0 Å². The van der Waals surface area contributed by atoms with Crippen molar-refractivity contribution >= 4 is 17.8 Å². The van der Waals surface area contributed by atoms with Crippen molar-refractivity contribution in [1.82, 2.24) is 0 Å². The van der Waals surface area contributed by atoms with Crippen LogP contribution >= 0.6 is 0 Å². The molecular formula is C21H20O5. The van der Waals surface area contributed by atoms with Gasteiger partial charge in [-0.25, -0.2) is 4.79 Å². The maximum atomic E-state index is 12.5. The minimum absolute atomic E-state index is 0.175. The van der Waals surface area contributed by atoms with E-state index in [0.717, 1.165) is 11.1 Å². The molecule has 0 N–H and O–H groups in total. The number of allylic oxidation sites excluding steroid dienone is 1. The molecule has 0 aliphatic carbocycles. The Labute approximate surface area is 152 Å². The van der Waals surface area contributed by atoms with Crippen molar-refractivity contribution in [2.45, 2.75) is 26.9 Å². The fraction of sp³-hybridized carbons (Fsp3) is 0.238. The third kappa shape index (κ3) is 4.11. The number of rotatable bonds is 5. The van der Waals surface area contributed by atoms with Crippen LogP contribution in [-0.4, -0.2) is 24.5 Å². The maximum absolute atomic E-state index is 12.5. The second-order valence-electron chi connectivity index (χ2n) is 6.34. The third-order valence-corrected chi connectivity index (χ3v) is 3.74. The average molecular weight is 352 g/mol. The monoisotopic (exact) mass is 352 g/mol. The highest BCUT2D eigenvalue weighted by Crippen LogP contribution is 2.34. The Bertz CT molecular complexity index is 862. The molecule has 0 aromatic heterocycles. The summed E-state index contributed by atoms with van der Waals surface area (Å²) in [7, 11) is 0. The summed E-state index contributed by atoms with van der Waals surface area (Å²) in [5.41, 5.74) is 2.51. The van der Waals surface area contributed by atoms with Gasteiger partial charge in [0.1, 0.15) is 11.5 Å². The summed E-state index contributed by atoms with van der Waals surface area (Å²) >= 11 is 0. The lowest BCUT2D eigenvalue weighted by atomic mass is 10.1. The van der Waals surface area contributed by atoms with Crippen LogP contribution in [-0.2, 0) is 9.53 Å². The number of Topliss-reactive ketones (excluding diaryl/α,β-unsaturated/α-hetero) is 1. The third-order valence-electron chi connectivity index (χ3n) is 3.74. The number of carbonyl (C=O) groups excluding carboxylic acids is 2. The lowest BCUT2D eigenvalue weighted by Crippen LogP contribution is -2.18. The van der Waals surface area contributed by atoms with Gasteiger partial charge in [0, 0.05) is 6.07 Å². The van der Waals surface area contributed by atoms with Crippen LogP contribution in [0.2, 0.25) is 0 Å². The van der Waals surface area contributed by atoms with E-state index in [0.29, 0.717) is 17.1 Å². The van der Waals surface area contributed by atoms with Gasteiger partial charge in [-0.05, 0) is 44.5 Å². The van der Waals surface area contributed by atoms with Crippen molar-refractivity contribution in [3.8, 4) is 11.5 Å². The van der Waals surface area contributed by atoms with Gasteiger partial charge >= 0.3 is 5.97 Å². The fourth-order valence-corrected chi connectivity index (χ4v) is 2.51. The Morgan fingerprint density at radius 3 is 2.58 bits per heavy atom. The predicted octanol–water partition coefficient (Wildman–Crippen LogP) is 3.94. The Kier molecular flexibility index (Phi) is 5.07. The number of ketones is 1. The van der Waals surface area contributed by atoms with Gasteiger partial charge in [0.15, 0.2) is 12.4 Å². The SMILES string of the molecule is Cc1ccc(/C=C2\Oc3cc(OCC(=O)OC(C)C)ccc3C2=O)cc1. The molecule has 3 rings (SSSR count). The van der Waals surface area contributed by atoms with Crippen LogP contribution < -0.4 is 9.47 Å². The molecule has 134 valence electrons. The van der Waals surface area contributed by atoms with Crippen LogP contribution in [0, 0.1) is 6.92 Å². The molecular weight excluding hydrogens is 332 g/mol. The zero-order chi connectivity index (χ0) is 18.7. The standard InChI is InChI=1S/C21H20O5/c1-13(2)25-20(22)12-24-16-8-9-17-18(11-16)26-19(21(17)23)10-15-6-4-14(3)5-7-15/h4-11,13H,12H2,1-3H3/b19-10-. The Morgan fingerprint density at radius 1 is 1.15 bits per heavy atom. The minimum Gasteiger partial charge on any atom is -0.482 e. The van der Waals surface area contributed by atoms with Gasteiger partial charge in [0.25, 0.3) is 0 Å².